The summed E-state index contributed by atoms with van der Waals surface area (Å²) in [7, 11) is 0. The molecule has 0 radical (unpaired) electrons. The molecule has 1 aromatic carbocycles. The molecule has 2 rings (SSSR count). The van der Waals surface area contributed by atoms with Crippen LogP contribution in [0.3, 0.4) is 0 Å². The average Bonchev–Trinajstić information content (AvgIpc) is 2.36. The second-order valence-corrected chi connectivity index (χ2v) is 5.40. The summed E-state index contributed by atoms with van der Waals surface area (Å²) < 4.78 is 5.38. The molecular formula is C13H16Cl2N2O3. The predicted molar refractivity (Wildman–Crippen MR) is 77.3 cm³/mol. The summed E-state index contributed by atoms with van der Waals surface area (Å²) in [6.45, 7) is 1.56. The zero-order chi connectivity index (χ0) is 14.5. The van der Waals surface area contributed by atoms with Crippen molar-refractivity contribution in [1.29, 1.82) is 0 Å². The maximum absolute atomic E-state index is 11.6. The lowest BCUT2D eigenvalue weighted by Crippen LogP contribution is -2.52. The highest BCUT2D eigenvalue weighted by Crippen LogP contribution is 2.31. The fourth-order valence-electron chi connectivity index (χ4n) is 1.68. The lowest BCUT2D eigenvalue weighted by atomic mass is 10.0. The molecule has 1 atom stereocenters. The van der Waals surface area contributed by atoms with Gasteiger partial charge in [0.1, 0.15) is 23.5 Å². The molecule has 1 aromatic rings. The Bertz CT molecular complexity index is 481. The van der Waals surface area contributed by atoms with Gasteiger partial charge >= 0.3 is 0 Å². The molecule has 5 nitrogen and oxygen atoms in total. The Morgan fingerprint density at radius 1 is 1.50 bits per heavy atom. The minimum absolute atomic E-state index is 0.00509. The van der Waals surface area contributed by atoms with Gasteiger partial charge in [0.2, 0.25) is 5.91 Å². The van der Waals surface area contributed by atoms with Crippen LogP contribution in [-0.4, -0.2) is 43.4 Å². The van der Waals surface area contributed by atoms with E-state index in [1.807, 2.05) is 0 Å². The summed E-state index contributed by atoms with van der Waals surface area (Å²) in [6.07, 6.45) is -0.804. The number of hydrogen-bond acceptors (Lipinski definition) is 4. The van der Waals surface area contributed by atoms with Crippen LogP contribution in [0, 0.1) is 5.92 Å². The van der Waals surface area contributed by atoms with Crippen molar-refractivity contribution in [2.45, 2.75) is 6.10 Å². The van der Waals surface area contributed by atoms with Crippen molar-refractivity contribution in [2.75, 3.05) is 26.2 Å². The number of ether oxygens (including phenoxy) is 1. The van der Waals surface area contributed by atoms with Gasteiger partial charge in [-0.3, -0.25) is 4.79 Å². The highest BCUT2D eigenvalue weighted by molar-refractivity contribution is 6.42. The Morgan fingerprint density at radius 2 is 2.25 bits per heavy atom. The van der Waals surface area contributed by atoms with E-state index in [1.54, 1.807) is 18.2 Å². The third kappa shape index (κ3) is 3.99. The molecule has 1 amide bonds. The maximum atomic E-state index is 11.6. The van der Waals surface area contributed by atoms with Gasteiger partial charge in [0.25, 0.3) is 0 Å². The van der Waals surface area contributed by atoms with Crippen LogP contribution in [0.25, 0.3) is 0 Å². The number of aliphatic hydroxyl groups is 1. The summed E-state index contributed by atoms with van der Waals surface area (Å²) >= 11 is 11.8. The normalized spacial score (nSPS) is 16.4. The molecule has 1 aliphatic rings. The number of halogens is 2. The van der Waals surface area contributed by atoms with Gasteiger partial charge in [-0.1, -0.05) is 29.3 Å². The molecule has 110 valence electrons. The monoisotopic (exact) mass is 318 g/mol. The standard InChI is InChI=1S/C13H16Cl2N2O3/c14-10-2-1-3-11(12(10)15)20-7-9(18)6-17-13(19)8-4-16-5-8/h1-3,8-9,16,18H,4-7H2,(H,17,19). The molecule has 0 aromatic heterocycles. The molecule has 3 N–H and O–H groups in total. The van der Waals surface area contributed by atoms with Crippen LogP contribution in [0.15, 0.2) is 18.2 Å². The van der Waals surface area contributed by atoms with Gasteiger partial charge in [0, 0.05) is 19.6 Å². The number of nitrogens with one attached hydrogen (secondary N) is 2. The molecule has 0 spiro atoms. The van der Waals surface area contributed by atoms with E-state index < -0.39 is 6.10 Å². The first-order chi connectivity index (χ1) is 9.58. The Hall–Kier alpha value is -1.01. The van der Waals surface area contributed by atoms with Crippen molar-refractivity contribution >= 4 is 29.1 Å². The fourth-order valence-corrected chi connectivity index (χ4v) is 2.02. The van der Waals surface area contributed by atoms with E-state index in [0.717, 1.165) is 0 Å². The molecule has 20 heavy (non-hydrogen) atoms. The molecule has 0 aliphatic carbocycles. The highest BCUT2D eigenvalue weighted by atomic mass is 35.5. The lowest BCUT2D eigenvalue weighted by molar-refractivity contribution is -0.126. The van der Waals surface area contributed by atoms with Gasteiger partial charge in [0.05, 0.1) is 10.9 Å². The van der Waals surface area contributed by atoms with Crippen LogP contribution in [0.4, 0.5) is 0 Å². The number of aliphatic hydroxyl groups excluding tert-OH is 1. The van der Waals surface area contributed by atoms with Crippen molar-refractivity contribution in [1.82, 2.24) is 10.6 Å². The number of benzene rings is 1. The number of carbonyl (C=O) groups excluding carboxylic acids is 1. The number of amides is 1. The SMILES string of the molecule is O=C(NCC(O)COc1cccc(Cl)c1Cl)C1CNC1. The van der Waals surface area contributed by atoms with Gasteiger partial charge in [-0.15, -0.1) is 0 Å². The van der Waals surface area contributed by atoms with Gasteiger partial charge in [0.15, 0.2) is 0 Å². The quantitative estimate of drug-likeness (QED) is 0.733. The molecular weight excluding hydrogens is 303 g/mol. The largest absolute Gasteiger partial charge is 0.489 e. The third-order valence-electron chi connectivity index (χ3n) is 3.01. The van der Waals surface area contributed by atoms with Gasteiger partial charge < -0.3 is 20.5 Å². The molecule has 1 unspecified atom stereocenters. The van der Waals surface area contributed by atoms with Crippen LogP contribution in [0.2, 0.25) is 10.0 Å². The van der Waals surface area contributed by atoms with E-state index >= 15 is 0 Å². The first-order valence-electron chi connectivity index (χ1n) is 6.31. The van der Waals surface area contributed by atoms with E-state index in [1.165, 1.54) is 0 Å². The molecule has 1 fully saturated rings. The molecule has 0 bridgehead atoms. The molecule has 1 heterocycles. The van der Waals surface area contributed by atoms with Crippen LogP contribution in [-0.2, 0) is 4.79 Å². The Labute approximate surface area is 127 Å². The van der Waals surface area contributed by atoms with Crippen LogP contribution in [0.5, 0.6) is 5.75 Å². The zero-order valence-corrected chi connectivity index (χ0v) is 12.2. The van der Waals surface area contributed by atoms with Crippen molar-refractivity contribution < 1.29 is 14.6 Å². The summed E-state index contributed by atoms with van der Waals surface area (Å²) in [5, 5.41) is 16.2. The Balaban J connectivity index is 1.73. The van der Waals surface area contributed by atoms with E-state index in [0.29, 0.717) is 28.9 Å². The molecule has 7 heteroatoms. The van der Waals surface area contributed by atoms with Crippen molar-refractivity contribution in [3.63, 3.8) is 0 Å². The first-order valence-corrected chi connectivity index (χ1v) is 7.07. The minimum Gasteiger partial charge on any atom is -0.489 e. The topological polar surface area (TPSA) is 70.6 Å². The van der Waals surface area contributed by atoms with Crippen LogP contribution < -0.4 is 15.4 Å². The smallest absolute Gasteiger partial charge is 0.225 e. The average molecular weight is 319 g/mol. The summed E-state index contributed by atoms with van der Waals surface area (Å²) in [4.78, 5) is 11.6. The highest BCUT2D eigenvalue weighted by Gasteiger charge is 2.24. The van der Waals surface area contributed by atoms with Gasteiger partial charge in [-0.2, -0.15) is 0 Å². The van der Waals surface area contributed by atoms with Crippen LogP contribution >= 0.6 is 23.2 Å². The van der Waals surface area contributed by atoms with Gasteiger partial charge in [-0.25, -0.2) is 0 Å². The van der Waals surface area contributed by atoms with E-state index in [2.05, 4.69) is 10.6 Å². The zero-order valence-electron chi connectivity index (χ0n) is 10.7. The fraction of sp³-hybridized carbons (Fsp3) is 0.462. The van der Waals surface area contributed by atoms with E-state index in [4.69, 9.17) is 27.9 Å². The van der Waals surface area contributed by atoms with Gasteiger partial charge in [-0.05, 0) is 12.1 Å². The van der Waals surface area contributed by atoms with Crippen molar-refractivity contribution in [2.24, 2.45) is 5.92 Å². The number of hydrogen-bond donors (Lipinski definition) is 3. The van der Waals surface area contributed by atoms with Crippen molar-refractivity contribution in [3.8, 4) is 5.75 Å². The summed E-state index contributed by atoms with van der Waals surface area (Å²) in [6, 6.07) is 5.03. The third-order valence-corrected chi connectivity index (χ3v) is 3.81. The van der Waals surface area contributed by atoms with E-state index in [9.17, 15) is 9.90 Å². The first kappa shape index (κ1) is 15.4. The Morgan fingerprint density at radius 3 is 2.90 bits per heavy atom. The maximum Gasteiger partial charge on any atom is 0.225 e. The molecule has 0 saturated carbocycles. The minimum atomic E-state index is -0.804. The summed E-state index contributed by atoms with van der Waals surface area (Å²) in [5.74, 6) is 0.363. The van der Waals surface area contributed by atoms with Crippen molar-refractivity contribution in [3.05, 3.63) is 28.2 Å². The lowest BCUT2D eigenvalue weighted by Gasteiger charge is -2.26. The molecule has 1 aliphatic heterocycles. The number of carbonyl (C=O) groups is 1. The summed E-state index contributed by atoms with van der Waals surface area (Å²) in [5.41, 5.74) is 0. The molecule has 1 saturated heterocycles. The number of rotatable bonds is 6. The Kier molecular flexibility index (Phi) is 5.48. The second-order valence-electron chi connectivity index (χ2n) is 4.62. The van der Waals surface area contributed by atoms with E-state index in [-0.39, 0.29) is 25.0 Å². The predicted octanol–water partition coefficient (Wildman–Crippen LogP) is 1.07. The van der Waals surface area contributed by atoms with Crippen LogP contribution in [0.1, 0.15) is 0 Å². The second kappa shape index (κ2) is 7.13.